The Morgan fingerprint density at radius 1 is 1.09 bits per heavy atom. The van der Waals surface area contributed by atoms with E-state index in [9.17, 15) is 0 Å². The molecule has 1 fully saturated rings. The van der Waals surface area contributed by atoms with Gasteiger partial charge in [-0.1, -0.05) is 33.6 Å². The van der Waals surface area contributed by atoms with Crippen LogP contribution in [-0.2, 0) is 14.0 Å². The van der Waals surface area contributed by atoms with E-state index >= 15 is 0 Å². The minimum absolute atomic E-state index is 0. The molecule has 1 aromatic carbocycles. The number of benzene rings is 1. The van der Waals surface area contributed by atoms with Gasteiger partial charge in [0.25, 0.3) is 0 Å². The van der Waals surface area contributed by atoms with Crippen molar-refractivity contribution in [3.05, 3.63) is 28.2 Å². The fourth-order valence-corrected chi connectivity index (χ4v) is 3.09. The van der Waals surface area contributed by atoms with E-state index in [1.165, 1.54) is 0 Å². The number of hydrogen-bond acceptors (Lipinski definition) is 3. The molecule has 0 aromatic heterocycles. The minimum Gasteiger partial charge on any atom is -0.539 e. The Kier molecular flexibility index (Phi) is 6.11. The first kappa shape index (κ1) is 20.3. The van der Waals surface area contributed by atoms with Gasteiger partial charge in [-0.3, -0.25) is 0 Å². The van der Waals surface area contributed by atoms with Gasteiger partial charge in [0.05, 0.1) is 0 Å². The average Bonchev–Trinajstić information content (AvgIpc) is 2.47. The zero-order valence-corrected chi connectivity index (χ0v) is 16.6. The van der Waals surface area contributed by atoms with Crippen molar-refractivity contribution in [1.29, 1.82) is 0 Å². The maximum atomic E-state index is 6.38. The van der Waals surface area contributed by atoms with Crippen LogP contribution in [0.4, 0.5) is 0 Å². The van der Waals surface area contributed by atoms with Crippen molar-refractivity contribution in [1.82, 2.24) is 0 Å². The van der Waals surface area contributed by atoms with E-state index in [1.807, 2.05) is 59.7 Å². The summed E-state index contributed by atoms with van der Waals surface area (Å²) in [4.78, 5) is 0. The fourth-order valence-electron chi connectivity index (χ4n) is 2.70. The number of hydrogen-bond donors (Lipinski definition) is 0. The molecule has 1 aliphatic heterocycles. The summed E-state index contributed by atoms with van der Waals surface area (Å²) in [5.74, 6) is 0. The van der Waals surface area contributed by atoms with Crippen molar-refractivity contribution in [2.24, 2.45) is 0 Å². The molecule has 0 aliphatic carbocycles. The zero-order chi connectivity index (χ0) is 16.1. The Balaban J connectivity index is 0.00000242. The van der Waals surface area contributed by atoms with Crippen LogP contribution in [0.15, 0.2) is 22.7 Å². The fraction of sp³-hybridized carbons (Fsp3) is 0.625. The van der Waals surface area contributed by atoms with Crippen LogP contribution in [0.2, 0.25) is 0 Å². The second kappa shape index (κ2) is 6.63. The first-order valence-corrected chi connectivity index (χ1v) is 8.27. The molecule has 2 rings (SSSR count). The van der Waals surface area contributed by atoms with E-state index in [4.69, 9.17) is 14.0 Å². The third-order valence-corrected chi connectivity index (χ3v) is 5.35. The van der Waals surface area contributed by atoms with Gasteiger partial charge in [-0.2, -0.15) is 0 Å². The predicted molar refractivity (Wildman–Crippen MR) is 90.8 cm³/mol. The van der Waals surface area contributed by atoms with Crippen molar-refractivity contribution in [2.45, 2.75) is 65.8 Å². The quantitative estimate of drug-likeness (QED) is 0.749. The molecule has 3 nitrogen and oxygen atoms in total. The van der Waals surface area contributed by atoms with Crippen LogP contribution in [0.1, 0.15) is 47.1 Å². The van der Waals surface area contributed by atoms with Crippen LogP contribution in [0.3, 0.4) is 0 Å². The molecule has 1 saturated heterocycles. The van der Waals surface area contributed by atoms with Gasteiger partial charge in [-0.05, 0) is 54.5 Å². The monoisotopic (exact) mass is 362 g/mol. The van der Waals surface area contributed by atoms with Crippen LogP contribution in [-0.4, -0.2) is 24.1 Å². The third-order valence-electron chi connectivity index (χ3n) is 4.49. The predicted octanol–water partition coefficient (Wildman–Crippen LogP) is 0.936. The van der Waals surface area contributed by atoms with Gasteiger partial charge in [0, 0.05) is 21.8 Å². The molecule has 0 radical (unpaired) electrons. The standard InChI is InChI=1S/C16H25BBrO3.Li/c1-11(2)19-17(13-9-8-10-14(18)12(13)3)20-15(4,5)16(6,7)21-17;/h8-11H,1-7H3;/q-1;+1. The molecule has 0 bridgehead atoms. The Morgan fingerprint density at radius 2 is 1.59 bits per heavy atom. The molecular weight excluding hydrogens is 338 g/mol. The minimum atomic E-state index is -1.97. The van der Waals surface area contributed by atoms with Crippen molar-refractivity contribution in [3.8, 4) is 0 Å². The molecule has 0 spiro atoms. The molecular formula is C16H25BBrLiO3. The first-order valence-electron chi connectivity index (χ1n) is 7.48. The molecule has 118 valence electrons. The molecule has 1 aliphatic rings. The summed E-state index contributed by atoms with van der Waals surface area (Å²) in [5.41, 5.74) is 1.19. The summed E-state index contributed by atoms with van der Waals surface area (Å²) < 4.78 is 20.0. The van der Waals surface area contributed by atoms with E-state index in [0.717, 1.165) is 15.5 Å². The van der Waals surface area contributed by atoms with E-state index < -0.39 is 18.0 Å². The van der Waals surface area contributed by atoms with Crippen molar-refractivity contribution >= 4 is 28.1 Å². The van der Waals surface area contributed by atoms with Crippen LogP contribution < -0.4 is 24.3 Å². The second-order valence-electron chi connectivity index (χ2n) is 7.04. The summed E-state index contributed by atoms with van der Waals surface area (Å²) in [5, 5.41) is 0. The summed E-state index contributed by atoms with van der Waals surface area (Å²) >= 11 is 3.58. The van der Waals surface area contributed by atoms with E-state index in [0.29, 0.717) is 0 Å². The van der Waals surface area contributed by atoms with Crippen molar-refractivity contribution in [3.63, 3.8) is 0 Å². The maximum absolute atomic E-state index is 6.38. The van der Waals surface area contributed by atoms with Gasteiger partial charge in [-0.25, -0.2) is 0 Å². The van der Waals surface area contributed by atoms with Gasteiger partial charge in [-0.15, -0.1) is 5.46 Å². The van der Waals surface area contributed by atoms with Gasteiger partial charge in [0.15, 0.2) is 0 Å². The van der Waals surface area contributed by atoms with E-state index in [1.54, 1.807) is 0 Å². The average molecular weight is 363 g/mol. The van der Waals surface area contributed by atoms with Crippen LogP contribution in [0.5, 0.6) is 0 Å². The molecule has 0 unspecified atom stereocenters. The normalized spacial score (nSPS) is 21.7. The van der Waals surface area contributed by atoms with Crippen molar-refractivity contribution in [2.75, 3.05) is 0 Å². The van der Waals surface area contributed by atoms with E-state index in [-0.39, 0.29) is 25.0 Å². The van der Waals surface area contributed by atoms with Gasteiger partial charge < -0.3 is 14.0 Å². The Bertz CT molecular complexity index is 530. The SMILES string of the molecule is Cc1c(Br)cccc1[B-]1(OC(C)C)OC(C)(C)C(C)(C)O1.[Li+]. The van der Waals surface area contributed by atoms with Crippen LogP contribution in [0.25, 0.3) is 0 Å². The third kappa shape index (κ3) is 3.51. The van der Waals surface area contributed by atoms with Crippen LogP contribution >= 0.6 is 15.9 Å². The molecule has 0 atom stereocenters. The Labute approximate surface area is 154 Å². The first-order chi connectivity index (χ1) is 9.51. The van der Waals surface area contributed by atoms with Crippen LogP contribution in [0, 0.1) is 6.92 Å². The van der Waals surface area contributed by atoms with Crippen molar-refractivity contribution < 1.29 is 32.8 Å². The molecule has 0 saturated carbocycles. The van der Waals surface area contributed by atoms with E-state index in [2.05, 4.69) is 22.9 Å². The second-order valence-corrected chi connectivity index (χ2v) is 7.89. The summed E-state index contributed by atoms with van der Waals surface area (Å²) in [6.07, 6.45) is 0.00748. The molecule has 1 heterocycles. The largest absolute Gasteiger partial charge is 1.00 e. The van der Waals surface area contributed by atoms with Gasteiger partial charge >= 0.3 is 25.6 Å². The molecule has 1 aromatic rings. The smallest absolute Gasteiger partial charge is 0.539 e. The van der Waals surface area contributed by atoms with Gasteiger partial charge in [0.2, 0.25) is 0 Å². The zero-order valence-electron chi connectivity index (χ0n) is 15.0. The molecule has 6 heteroatoms. The summed E-state index contributed by atoms with van der Waals surface area (Å²) in [6, 6.07) is 6.04. The molecule has 22 heavy (non-hydrogen) atoms. The summed E-state index contributed by atoms with van der Waals surface area (Å²) in [7, 11) is 0. The molecule has 0 amide bonds. The summed E-state index contributed by atoms with van der Waals surface area (Å²) in [6.45, 7) is 12.3. The topological polar surface area (TPSA) is 27.7 Å². The van der Waals surface area contributed by atoms with Gasteiger partial charge in [0.1, 0.15) is 0 Å². The number of rotatable bonds is 3. The molecule has 0 N–H and O–H groups in total. The Morgan fingerprint density at radius 3 is 2.05 bits per heavy atom. The maximum Gasteiger partial charge on any atom is 1.00 e. The number of halogens is 1. The Hall–Kier alpha value is 0.242.